The van der Waals surface area contributed by atoms with Gasteiger partial charge < -0.3 is 14.2 Å². The van der Waals surface area contributed by atoms with Crippen molar-refractivity contribution in [2.75, 3.05) is 26.4 Å². The first-order valence-electron chi connectivity index (χ1n) is 8.30. The van der Waals surface area contributed by atoms with Gasteiger partial charge in [0.15, 0.2) is 11.5 Å². The quantitative estimate of drug-likeness (QED) is 0.507. The van der Waals surface area contributed by atoms with Crippen molar-refractivity contribution in [2.45, 2.75) is 20.8 Å². The van der Waals surface area contributed by atoms with Gasteiger partial charge in [0.05, 0.1) is 24.7 Å². The maximum Gasteiger partial charge on any atom is 0.326 e. The molecule has 0 saturated carbocycles. The number of thioether (sulfide) groups is 1. The molecule has 7 nitrogen and oxygen atoms in total. The van der Waals surface area contributed by atoms with Crippen LogP contribution in [0.15, 0.2) is 23.1 Å². The summed E-state index contributed by atoms with van der Waals surface area (Å²) in [6, 6.07) is 5.27. The number of rotatable bonds is 8. The Hall–Kier alpha value is -2.48. The predicted molar refractivity (Wildman–Crippen MR) is 98.1 cm³/mol. The summed E-state index contributed by atoms with van der Waals surface area (Å²) in [4.78, 5) is 37.1. The second-order valence-corrected chi connectivity index (χ2v) is 6.14. The van der Waals surface area contributed by atoms with Gasteiger partial charge in [-0.3, -0.25) is 19.3 Å². The second-order valence-electron chi connectivity index (χ2n) is 5.15. The van der Waals surface area contributed by atoms with Gasteiger partial charge in [-0.05, 0) is 56.3 Å². The summed E-state index contributed by atoms with van der Waals surface area (Å²) in [5.41, 5.74) is 0.693. The number of hydrogen-bond donors (Lipinski definition) is 0. The highest BCUT2D eigenvalue weighted by Gasteiger charge is 2.36. The molecule has 0 bridgehead atoms. The number of carbonyl (C=O) groups excluding carboxylic acids is 3. The zero-order valence-electron chi connectivity index (χ0n) is 14.9. The number of amides is 2. The van der Waals surface area contributed by atoms with E-state index in [-0.39, 0.29) is 18.1 Å². The first kappa shape index (κ1) is 19.8. The fourth-order valence-electron chi connectivity index (χ4n) is 2.28. The van der Waals surface area contributed by atoms with Gasteiger partial charge in [0.2, 0.25) is 0 Å². The van der Waals surface area contributed by atoms with E-state index in [0.29, 0.717) is 30.3 Å². The van der Waals surface area contributed by atoms with Gasteiger partial charge in [-0.1, -0.05) is 6.07 Å². The summed E-state index contributed by atoms with van der Waals surface area (Å²) in [7, 11) is 0. The number of esters is 1. The van der Waals surface area contributed by atoms with E-state index in [1.54, 1.807) is 31.2 Å². The highest BCUT2D eigenvalue weighted by Crippen LogP contribution is 2.34. The average Bonchev–Trinajstić information content (AvgIpc) is 2.85. The summed E-state index contributed by atoms with van der Waals surface area (Å²) in [5, 5.41) is -0.495. The van der Waals surface area contributed by atoms with Crippen molar-refractivity contribution in [3.05, 3.63) is 28.7 Å². The molecule has 0 atom stereocenters. The number of imide groups is 1. The third-order valence-electron chi connectivity index (χ3n) is 3.33. The minimum absolute atomic E-state index is 0.192. The van der Waals surface area contributed by atoms with Gasteiger partial charge in [-0.25, -0.2) is 0 Å². The zero-order chi connectivity index (χ0) is 19.1. The number of nitrogens with zero attached hydrogens (tertiary/aromatic N) is 1. The molecule has 0 spiro atoms. The minimum atomic E-state index is -0.615. The van der Waals surface area contributed by atoms with E-state index >= 15 is 0 Å². The molecule has 1 aliphatic rings. The van der Waals surface area contributed by atoms with E-state index in [2.05, 4.69) is 0 Å². The third-order valence-corrected chi connectivity index (χ3v) is 4.24. The van der Waals surface area contributed by atoms with Gasteiger partial charge in [-0.2, -0.15) is 0 Å². The maximum absolute atomic E-state index is 12.4. The highest BCUT2D eigenvalue weighted by molar-refractivity contribution is 8.18. The SMILES string of the molecule is CCOC(=O)CN1C(=O)S/C(=C\c2ccc(OCC)c(OCC)c2)C1=O. The molecule has 0 radical (unpaired) electrons. The van der Waals surface area contributed by atoms with Crippen molar-refractivity contribution in [3.63, 3.8) is 0 Å². The smallest absolute Gasteiger partial charge is 0.326 e. The van der Waals surface area contributed by atoms with Crippen molar-refractivity contribution >= 4 is 35.0 Å². The molecule has 1 saturated heterocycles. The van der Waals surface area contributed by atoms with Crippen LogP contribution < -0.4 is 9.47 Å². The fourth-order valence-corrected chi connectivity index (χ4v) is 3.12. The van der Waals surface area contributed by atoms with Gasteiger partial charge in [-0.15, -0.1) is 0 Å². The van der Waals surface area contributed by atoms with Crippen LogP contribution in [-0.2, 0) is 14.3 Å². The molecule has 2 rings (SSSR count). The lowest BCUT2D eigenvalue weighted by atomic mass is 10.2. The molecule has 0 unspecified atom stereocenters. The second kappa shape index (κ2) is 9.28. The summed E-state index contributed by atoms with van der Waals surface area (Å²) in [6.45, 7) is 6.19. The Morgan fingerprint density at radius 3 is 2.42 bits per heavy atom. The Kier molecular flexibility index (Phi) is 7.08. The number of benzene rings is 1. The van der Waals surface area contributed by atoms with E-state index in [0.717, 1.165) is 16.7 Å². The van der Waals surface area contributed by atoms with Crippen LogP contribution in [0.4, 0.5) is 4.79 Å². The summed E-state index contributed by atoms with van der Waals surface area (Å²) in [5.74, 6) is 0.0476. The first-order chi connectivity index (χ1) is 12.5. The molecule has 26 heavy (non-hydrogen) atoms. The lowest BCUT2D eigenvalue weighted by Crippen LogP contribution is -2.34. The Bertz CT molecular complexity index is 730. The molecule has 8 heteroatoms. The maximum atomic E-state index is 12.4. The predicted octanol–water partition coefficient (Wildman–Crippen LogP) is 3.08. The van der Waals surface area contributed by atoms with Crippen LogP contribution in [0.3, 0.4) is 0 Å². The molecule has 140 valence electrons. The van der Waals surface area contributed by atoms with Crippen LogP contribution in [0.1, 0.15) is 26.3 Å². The number of carbonyl (C=O) groups is 3. The van der Waals surface area contributed by atoms with Crippen LogP contribution in [0.25, 0.3) is 6.08 Å². The van der Waals surface area contributed by atoms with E-state index < -0.39 is 17.1 Å². The third kappa shape index (κ3) is 4.78. The molecule has 1 fully saturated rings. The molecule has 0 aliphatic carbocycles. The molecule has 2 amide bonds. The Labute approximate surface area is 156 Å². The molecule has 0 aromatic heterocycles. The van der Waals surface area contributed by atoms with E-state index in [4.69, 9.17) is 14.2 Å². The van der Waals surface area contributed by atoms with E-state index in [1.807, 2.05) is 13.8 Å². The average molecular weight is 379 g/mol. The van der Waals surface area contributed by atoms with Crippen LogP contribution in [0.2, 0.25) is 0 Å². The first-order valence-corrected chi connectivity index (χ1v) is 9.12. The molecule has 1 heterocycles. The highest BCUT2D eigenvalue weighted by atomic mass is 32.2. The topological polar surface area (TPSA) is 82.1 Å². The zero-order valence-corrected chi connectivity index (χ0v) is 15.8. The van der Waals surface area contributed by atoms with Gasteiger partial charge in [0.25, 0.3) is 11.1 Å². The monoisotopic (exact) mass is 379 g/mol. The minimum Gasteiger partial charge on any atom is -0.490 e. The Balaban J connectivity index is 2.21. The van der Waals surface area contributed by atoms with Crippen molar-refractivity contribution in [1.29, 1.82) is 0 Å². The molecule has 1 aromatic rings. The number of hydrogen-bond acceptors (Lipinski definition) is 7. The summed E-state index contributed by atoms with van der Waals surface area (Å²) in [6.07, 6.45) is 1.59. The van der Waals surface area contributed by atoms with Crippen molar-refractivity contribution in [2.24, 2.45) is 0 Å². The van der Waals surface area contributed by atoms with Gasteiger partial charge in [0, 0.05) is 0 Å². The van der Waals surface area contributed by atoms with Gasteiger partial charge >= 0.3 is 5.97 Å². The number of ether oxygens (including phenoxy) is 3. The molecule has 1 aliphatic heterocycles. The van der Waals surface area contributed by atoms with Gasteiger partial charge in [0.1, 0.15) is 6.54 Å². The van der Waals surface area contributed by atoms with Crippen LogP contribution in [0.5, 0.6) is 11.5 Å². The largest absolute Gasteiger partial charge is 0.490 e. The normalized spacial score (nSPS) is 15.5. The van der Waals surface area contributed by atoms with Crippen molar-refractivity contribution in [1.82, 2.24) is 4.90 Å². The van der Waals surface area contributed by atoms with Crippen molar-refractivity contribution < 1.29 is 28.6 Å². The fraction of sp³-hybridized carbons (Fsp3) is 0.389. The Morgan fingerprint density at radius 2 is 1.77 bits per heavy atom. The lowest BCUT2D eigenvalue weighted by Gasteiger charge is -2.12. The summed E-state index contributed by atoms with van der Waals surface area (Å²) >= 11 is 0.789. The van der Waals surface area contributed by atoms with Crippen molar-refractivity contribution in [3.8, 4) is 11.5 Å². The standard InChI is InChI=1S/C18H21NO6S/c1-4-23-13-8-7-12(9-14(13)24-5-2)10-15-17(21)19(18(22)26-15)11-16(20)25-6-3/h7-10H,4-6,11H2,1-3H3/b15-10-. The van der Waals surface area contributed by atoms with Crippen LogP contribution in [0, 0.1) is 0 Å². The molecular formula is C18H21NO6S. The lowest BCUT2D eigenvalue weighted by molar-refractivity contribution is -0.145. The summed E-state index contributed by atoms with van der Waals surface area (Å²) < 4.78 is 15.9. The molecule has 0 N–H and O–H groups in total. The molecular weight excluding hydrogens is 358 g/mol. The van der Waals surface area contributed by atoms with Crippen LogP contribution in [-0.4, -0.2) is 48.4 Å². The van der Waals surface area contributed by atoms with Crippen LogP contribution >= 0.6 is 11.8 Å². The van der Waals surface area contributed by atoms with E-state index in [9.17, 15) is 14.4 Å². The Morgan fingerprint density at radius 1 is 1.08 bits per heavy atom. The molecule has 1 aromatic carbocycles. The van der Waals surface area contributed by atoms with E-state index in [1.165, 1.54) is 0 Å².